The lowest BCUT2D eigenvalue weighted by Gasteiger charge is -2.07. The van der Waals surface area contributed by atoms with Crippen molar-refractivity contribution in [1.29, 1.82) is 0 Å². The van der Waals surface area contributed by atoms with Gasteiger partial charge >= 0.3 is 5.76 Å². The zero-order valence-electron chi connectivity index (χ0n) is 9.28. The average molecular weight is 286 g/mol. The lowest BCUT2D eigenvalue weighted by molar-refractivity contribution is 0.412. The summed E-state index contributed by atoms with van der Waals surface area (Å²) in [6.07, 6.45) is 0. The molecule has 0 aliphatic heterocycles. The number of ether oxygens (including phenoxy) is 1. The maximum absolute atomic E-state index is 11.6. The van der Waals surface area contributed by atoms with Crippen LogP contribution in [-0.2, 0) is 0 Å². The molecule has 0 N–H and O–H groups in total. The summed E-state index contributed by atoms with van der Waals surface area (Å²) in [6.45, 7) is 3.87. The first-order chi connectivity index (χ1) is 7.54. The number of hydrogen-bond acceptors (Lipinski definition) is 3. The monoisotopic (exact) mass is 285 g/mol. The zero-order valence-corrected chi connectivity index (χ0v) is 10.9. The van der Waals surface area contributed by atoms with Crippen LogP contribution in [0.15, 0.2) is 25.8 Å². The number of aromatic nitrogens is 1. The molecule has 16 heavy (non-hydrogen) atoms. The molecule has 1 aromatic heterocycles. The SMILES string of the molecule is COc1cc2c(cc1Br)oc(=O)n2C(C)C. The molecule has 0 fully saturated rings. The van der Waals surface area contributed by atoms with E-state index in [4.69, 9.17) is 9.15 Å². The van der Waals surface area contributed by atoms with Crippen LogP contribution in [-0.4, -0.2) is 11.7 Å². The summed E-state index contributed by atoms with van der Waals surface area (Å²) in [4.78, 5) is 11.6. The topological polar surface area (TPSA) is 44.4 Å². The number of halogens is 1. The van der Waals surface area contributed by atoms with Crippen molar-refractivity contribution in [1.82, 2.24) is 4.57 Å². The smallest absolute Gasteiger partial charge is 0.420 e. The molecule has 0 saturated heterocycles. The minimum Gasteiger partial charge on any atom is -0.495 e. The van der Waals surface area contributed by atoms with E-state index in [-0.39, 0.29) is 11.8 Å². The normalized spacial score (nSPS) is 11.3. The highest BCUT2D eigenvalue weighted by atomic mass is 79.9. The predicted molar refractivity (Wildman–Crippen MR) is 65.1 cm³/mol. The van der Waals surface area contributed by atoms with E-state index in [1.54, 1.807) is 23.8 Å². The van der Waals surface area contributed by atoms with E-state index < -0.39 is 0 Å². The third kappa shape index (κ3) is 1.65. The second kappa shape index (κ2) is 3.97. The number of nitrogens with zero attached hydrogens (tertiary/aromatic N) is 1. The lowest BCUT2D eigenvalue weighted by atomic mass is 10.3. The quantitative estimate of drug-likeness (QED) is 0.852. The molecule has 0 bridgehead atoms. The van der Waals surface area contributed by atoms with Crippen molar-refractivity contribution in [2.45, 2.75) is 19.9 Å². The number of benzene rings is 1. The Morgan fingerprint density at radius 1 is 1.44 bits per heavy atom. The molecule has 0 unspecified atom stereocenters. The van der Waals surface area contributed by atoms with Gasteiger partial charge < -0.3 is 9.15 Å². The zero-order chi connectivity index (χ0) is 11.9. The Hall–Kier alpha value is -1.23. The third-order valence-electron chi connectivity index (χ3n) is 2.40. The Labute approximate surface area is 101 Å². The Morgan fingerprint density at radius 3 is 2.69 bits per heavy atom. The van der Waals surface area contributed by atoms with E-state index >= 15 is 0 Å². The fourth-order valence-electron chi connectivity index (χ4n) is 1.68. The molecule has 0 saturated carbocycles. The van der Waals surface area contributed by atoms with Gasteiger partial charge in [-0.25, -0.2) is 4.79 Å². The molecule has 2 aromatic rings. The highest BCUT2D eigenvalue weighted by Crippen LogP contribution is 2.30. The van der Waals surface area contributed by atoms with Gasteiger partial charge in [0.1, 0.15) is 5.75 Å². The molecule has 1 aromatic carbocycles. The first kappa shape index (κ1) is 11.3. The van der Waals surface area contributed by atoms with Crippen LogP contribution in [0.2, 0.25) is 0 Å². The predicted octanol–water partition coefficient (Wildman–Crippen LogP) is 2.95. The largest absolute Gasteiger partial charge is 0.495 e. The van der Waals surface area contributed by atoms with E-state index in [9.17, 15) is 4.79 Å². The van der Waals surface area contributed by atoms with Crippen molar-refractivity contribution in [3.63, 3.8) is 0 Å². The highest BCUT2D eigenvalue weighted by Gasteiger charge is 2.14. The molecule has 0 aliphatic carbocycles. The Morgan fingerprint density at radius 2 is 2.12 bits per heavy atom. The van der Waals surface area contributed by atoms with Crippen molar-refractivity contribution < 1.29 is 9.15 Å². The molecule has 5 heteroatoms. The summed E-state index contributed by atoms with van der Waals surface area (Å²) in [5, 5.41) is 0. The molecule has 0 aliphatic rings. The standard InChI is InChI=1S/C11H12BrNO3/c1-6(2)13-8-5-9(15-3)7(12)4-10(8)16-11(13)14/h4-6H,1-3H3. The number of hydrogen-bond donors (Lipinski definition) is 0. The van der Waals surface area contributed by atoms with Gasteiger partial charge in [0.25, 0.3) is 0 Å². The van der Waals surface area contributed by atoms with Crippen LogP contribution in [0.4, 0.5) is 0 Å². The maximum Gasteiger partial charge on any atom is 0.420 e. The molecule has 0 atom stereocenters. The van der Waals surface area contributed by atoms with Gasteiger partial charge in [0.2, 0.25) is 0 Å². The first-order valence-electron chi connectivity index (χ1n) is 4.93. The molecule has 4 nitrogen and oxygen atoms in total. The van der Waals surface area contributed by atoms with Crippen molar-refractivity contribution in [2.75, 3.05) is 7.11 Å². The molecule has 0 spiro atoms. The van der Waals surface area contributed by atoms with Gasteiger partial charge in [0.05, 0.1) is 17.1 Å². The summed E-state index contributed by atoms with van der Waals surface area (Å²) in [5.41, 5.74) is 1.31. The van der Waals surface area contributed by atoms with Crippen LogP contribution >= 0.6 is 15.9 Å². The van der Waals surface area contributed by atoms with E-state index in [0.717, 1.165) is 9.99 Å². The number of rotatable bonds is 2. The van der Waals surface area contributed by atoms with Gasteiger partial charge in [0.15, 0.2) is 5.58 Å². The Balaban J connectivity index is 2.82. The van der Waals surface area contributed by atoms with E-state index in [0.29, 0.717) is 11.3 Å². The van der Waals surface area contributed by atoms with Crippen LogP contribution in [0, 0.1) is 0 Å². The number of oxazole rings is 1. The molecule has 1 heterocycles. The summed E-state index contributed by atoms with van der Waals surface area (Å²) in [5.74, 6) is 0.341. The molecular formula is C11H12BrNO3. The van der Waals surface area contributed by atoms with Crippen LogP contribution < -0.4 is 10.5 Å². The van der Waals surface area contributed by atoms with Crippen molar-refractivity contribution in [3.8, 4) is 5.75 Å². The third-order valence-corrected chi connectivity index (χ3v) is 3.02. The van der Waals surface area contributed by atoms with E-state index in [2.05, 4.69) is 15.9 Å². The molecule has 0 radical (unpaired) electrons. The van der Waals surface area contributed by atoms with Gasteiger partial charge in [-0.2, -0.15) is 0 Å². The minimum atomic E-state index is -0.342. The van der Waals surface area contributed by atoms with Gasteiger partial charge in [0, 0.05) is 18.2 Å². The van der Waals surface area contributed by atoms with Gasteiger partial charge in [-0.1, -0.05) is 0 Å². The molecule has 2 rings (SSSR count). The molecule has 0 amide bonds. The first-order valence-corrected chi connectivity index (χ1v) is 5.72. The Bertz CT molecular complexity index is 583. The van der Waals surface area contributed by atoms with Crippen LogP contribution in [0.25, 0.3) is 11.1 Å². The Kier molecular flexibility index (Phi) is 2.80. The summed E-state index contributed by atoms with van der Waals surface area (Å²) < 4.78 is 12.7. The molecular weight excluding hydrogens is 274 g/mol. The summed E-state index contributed by atoms with van der Waals surface area (Å²) in [7, 11) is 1.59. The number of fused-ring (bicyclic) bond motifs is 1. The number of methoxy groups -OCH3 is 1. The average Bonchev–Trinajstić information content (AvgIpc) is 2.51. The molecule has 86 valence electrons. The fraction of sp³-hybridized carbons (Fsp3) is 0.364. The van der Waals surface area contributed by atoms with E-state index in [1.807, 2.05) is 13.8 Å². The minimum absolute atomic E-state index is 0.0552. The van der Waals surface area contributed by atoms with Gasteiger partial charge in [-0.15, -0.1) is 0 Å². The summed E-state index contributed by atoms with van der Waals surface area (Å²) in [6, 6.07) is 3.60. The fourth-order valence-corrected chi connectivity index (χ4v) is 2.17. The van der Waals surface area contributed by atoms with Gasteiger partial charge in [-0.05, 0) is 29.8 Å². The van der Waals surface area contributed by atoms with Crippen molar-refractivity contribution >= 4 is 27.0 Å². The second-order valence-electron chi connectivity index (χ2n) is 3.79. The van der Waals surface area contributed by atoms with Crippen molar-refractivity contribution in [3.05, 3.63) is 27.2 Å². The van der Waals surface area contributed by atoms with Crippen LogP contribution in [0.1, 0.15) is 19.9 Å². The lowest BCUT2D eigenvalue weighted by Crippen LogP contribution is -2.15. The van der Waals surface area contributed by atoms with Crippen molar-refractivity contribution in [2.24, 2.45) is 0 Å². The van der Waals surface area contributed by atoms with E-state index in [1.165, 1.54) is 0 Å². The van der Waals surface area contributed by atoms with Crippen LogP contribution in [0.5, 0.6) is 5.75 Å². The summed E-state index contributed by atoms with van der Waals surface area (Å²) >= 11 is 3.35. The van der Waals surface area contributed by atoms with Gasteiger partial charge in [-0.3, -0.25) is 4.57 Å². The highest BCUT2D eigenvalue weighted by molar-refractivity contribution is 9.10. The van der Waals surface area contributed by atoms with Crippen LogP contribution in [0.3, 0.4) is 0 Å². The maximum atomic E-state index is 11.6. The second-order valence-corrected chi connectivity index (χ2v) is 4.64.